The second-order valence-electron chi connectivity index (χ2n) is 3.15. The average molecular weight is 214 g/mol. The molecular formula is C9H11O4P. The summed E-state index contributed by atoms with van der Waals surface area (Å²) in [4.78, 5) is 18.3. The molecule has 76 valence electrons. The first-order valence-electron chi connectivity index (χ1n) is 4.16. The van der Waals surface area contributed by atoms with E-state index in [9.17, 15) is 0 Å². The van der Waals surface area contributed by atoms with E-state index in [1.807, 2.05) is 18.2 Å². The molecule has 0 fully saturated rings. The molecule has 5 heteroatoms. The van der Waals surface area contributed by atoms with Crippen molar-refractivity contribution in [2.24, 2.45) is 0 Å². The van der Waals surface area contributed by atoms with Crippen LogP contribution >= 0.6 is 7.94 Å². The Morgan fingerprint density at radius 3 is 2.71 bits per heavy atom. The molecule has 2 rings (SSSR count). The monoisotopic (exact) mass is 214 g/mol. The van der Waals surface area contributed by atoms with E-state index in [4.69, 9.17) is 18.7 Å². The van der Waals surface area contributed by atoms with E-state index in [0.717, 1.165) is 10.8 Å². The summed E-state index contributed by atoms with van der Waals surface area (Å²) in [6, 6.07) is 7.36. The molecule has 0 aliphatic carbocycles. The van der Waals surface area contributed by atoms with Gasteiger partial charge in [-0.25, -0.2) is 0 Å². The van der Waals surface area contributed by atoms with Gasteiger partial charge >= 0.3 is 80.6 Å². The maximum atomic E-state index is 9.16. The number of rotatable bonds is 2. The molecule has 14 heavy (non-hydrogen) atoms. The molecule has 0 amide bonds. The number of benzene rings is 1. The predicted octanol–water partition coefficient (Wildman–Crippen LogP) is 1.92. The molecule has 0 atom stereocenters. The molecule has 0 radical (unpaired) electrons. The van der Waals surface area contributed by atoms with Crippen molar-refractivity contribution in [3.63, 3.8) is 0 Å². The van der Waals surface area contributed by atoms with Gasteiger partial charge < -0.3 is 0 Å². The molecule has 0 spiro atoms. The molecule has 0 aliphatic heterocycles. The minimum absolute atomic E-state index is 0.166. The van der Waals surface area contributed by atoms with Crippen molar-refractivity contribution in [1.82, 2.24) is 0 Å². The van der Waals surface area contributed by atoms with Crippen molar-refractivity contribution in [1.29, 1.82) is 0 Å². The van der Waals surface area contributed by atoms with Crippen molar-refractivity contribution >= 4 is 18.7 Å². The third-order valence-corrected chi connectivity index (χ3v) is 2.33. The van der Waals surface area contributed by atoms with E-state index in [-0.39, 0.29) is 5.95 Å². The molecule has 0 aliphatic rings. The zero-order chi connectivity index (χ0) is 10.2. The van der Waals surface area contributed by atoms with Gasteiger partial charge in [-0.3, -0.25) is 0 Å². The Morgan fingerprint density at radius 1 is 1.29 bits per heavy atom. The van der Waals surface area contributed by atoms with E-state index in [1.165, 1.54) is 12.9 Å². The van der Waals surface area contributed by atoms with E-state index in [2.05, 4.69) is 0 Å². The number of hydrogen-bond acceptors (Lipinski definition) is 4. The Hall–Kier alpha value is -1.09. The summed E-state index contributed by atoms with van der Waals surface area (Å²) in [7, 11) is -3.57. The Labute approximate surface area is 81.3 Å². The standard InChI is InChI=1S/C9H11O4P/c1-14(10,11)13-9-8-5-3-2-4-7(8)6-12-9/h2-6,10-11,14H,1H3. The summed E-state index contributed by atoms with van der Waals surface area (Å²) in [5, 5.41) is 1.62. The van der Waals surface area contributed by atoms with Crippen LogP contribution in [0.4, 0.5) is 0 Å². The molecule has 2 N–H and O–H groups in total. The number of hydrogen-bond donors (Lipinski definition) is 2. The van der Waals surface area contributed by atoms with Crippen LogP contribution in [0.15, 0.2) is 34.9 Å². The summed E-state index contributed by atoms with van der Waals surface area (Å²) < 4.78 is 10.0. The molecule has 0 unspecified atom stereocenters. The fourth-order valence-electron chi connectivity index (χ4n) is 1.22. The average Bonchev–Trinajstić information content (AvgIpc) is 2.47. The summed E-state index contributed by atoms with van der Waals surface area (Å²) in [5.41, 5.74) is 0. The van der Waals surface area contributed by atoms with E-state index in [0.29, 0.717) is 0 Å². The first-order valence-corrected chi connectivity index (χ1v) is 6.46. The van der Waals surface area contributed by atoms with Crippen molar-refractivity contribution in [2.75, 3.05) is 6.66 Å². The Morgan fingerprint density at radius 2 is 2.00 bits per heavy atom. The molecular weight excluding hydrogens is 203 g/mol. The zero-order valence-electron chi connectivity index (χ0n) is 7.60. The SMILES string of the molecule is C[PH](O)(O)Oc1occ2ccccc12. The Balaban J connectivity index is 2.44. The molecule has 0 saturated carbocycles. The van der Waals surface area contributed by atoms with Crippen LogP contribution in [-0.2, 0) is 0 Å². The van der Waals surface area contributed by atoms with Gasteiger partial charge in [0, 0.05) is 0 Å². The second kappa shape index (κ2) is 3.24. The Kier molecular flexibility index (Phi) is 2.19. The topological polar surface area (TPSA) is 62.8 Å². The van der Waals surface area contributed by atoms with Crippen molar-refractivity contribution < 1.29 is 18.7 Å². The van der Waals surface area contributed by atoms with Gasteiger partial charge in [0.15, 0.2) is 0 Å². The summed E-state index contributed by atoms with van der Waals surface area (Å²) >= 11 is 0. The van der Waals surface area contributed by atoms with Crippen LogP contribution in [0, 0.1) is 0 Å². The third-order valence-electron chi connectivity index (χ3n) is 1.76. The summed E-state index contributed by atoms with van der Waals surface area (Å²) in [6.45, 7) is 1.25. The van der Waals surface area contributed by atoms with Gasteiger partial charge in [-0.2, -0.15) is 0 Å². The zero-order valence-corrected chi connectivity index (χ0v) is 8.60. The molecule has 1 aromatic carbocycles. The Bertz CT molecular complexity index is 443. The predicted molar refractivity (Wildman–Crippen MR) is 55.5 cm³/mol. The van der Waals surface area contributed by atoms with Crippen molar-refractivity contribution in [3.8, 4) is 5.95 Å². The minimum atomic E-state index is -3.57. The molecule has 4 nitrogen and oxygen atoms in total. The fraction of sp³-hybridized carbons (Fsp3) is 0.111. The van der Waals surface area contributed by atoms with Crippen LogP contribution in [0.5, 0.6) is 5.95 Å². The van der Waals surface area contributed by atoms with Crippen LogP contribution in [0.2, 0.25) is 0 Å². The van der Waals surface area contributed by atoms with Crippen molar-refractivity contribution in [2.45, 2.75) is 0 Å². The van der Waals surface area contributed by atoms with Crippen molar-refractivity contribution in [3.05, 3.63) is 30.5 Å². The molecule has 0 bridgehead atoms. The van der Waals surface area contributed by atoms with E-state index in [1.54, 1.807) is 6.07 Å². The number of furan rings is 1. The normalized spacial score (nSPS) is 13.1. The van der Waals surface area contributed by atoms with Crippen LogP contribution in [0.25, 0.3) is 10.8 Å². The quantitative estimate of drug-likeness (QED) is 0.749. The van der Waals surface area contributed by atoms with Crippen LogP contribution in [0.3, 0.4) is 0 Å². The van der Waals surface area contributed by atoms with Gasteiger partial charge in [0.2, 0.25) is 0 Å². The molecule has 1 heterocycles. The second-order valence-corrected chi connectivity index (χ2v) is 5.22. The third kappa shape index (κ3) is 1.87. The van der Waals surface area contributed by atoms with Gasteiger partial charge in [0.05, 0.1) is 0 Å². The molecule has 1 aromatic heterocycles. The fourth-order valence-corrected chi connectivity index (χ4v) is 1.73. The van der Waals surface area contributed by atoms with Gasteiger partial charge in [0.25, 0.3) is 0 Å². The van der Waals surface area contributed by atoms with Crippen LogP contribution in [0.1, 0.15) is 0 Å². The maximum absolute atomic E-state index is 9.16. The first-order chi connectivity index (χ1) is 6.56. The van der Waals surface area contributed by atoms with Gasteiger partial charge in [-0.05, 0) is 0 Å². The van der Waals surface area contributed by atoms with Gasteiger partial charge in [0.1, 0.15) is 0 Å². The summed E-state index contributed by atoms with van der Waals surface area (Å²) in [5.74, 6) is 0.166. The molecule has 0 saturated heterocycles. The van der Waals surface area contributed by atoms with Gasteiger partial charge in [-0.1, -0.05) is 0 Å². The molecule has 2 aromatic rings. The van der Waals surface area contributed by atoms with E-state index >= 15 is 0 Å². The number of fused-ring (bicyclic) bond motifs is 1. The van der Waals surface area contributed by atoms with Crippen LogP contribution in [-0.4, -0.2) is 16.5 Å². The van der Waals surface area contributed by atoms with E-state index < -0.39 is 7.94 Å². The summed E-state index contributed by atoms with van der Waals surface area (Å²) in [6.07, 6.45) is 1.52. The first kappa shape index (κ1) is 9.46. The van der Waals surface area contributed by atoms with Crippen LogP contribution < -0.4 is 4.52 Å². The van der Waals surface area contributed by atoms with Gasteiger partial charge in [-0.15, -0.1) is 0 Å².